The predicted molar refractivity (Wildman–Crippen MR) is 149 cm³/mol. The van der Waals surface area contributed by atoms with E-state index in [4.69, 9.17) is 21.1 Å². The maximum atomic E-state index is 13.1. The fourth-order valence-electron chi connectivity index (χ4n) is 3.35. The second kappa shape index (κ2) is 13.9. The Morgan fingerprint density at radius 2 is 1.90 bits per heavy atom. The molecule has 0 fully saturated rings. The highest BCUT2D eigenvalue weighted by Crippen LogP contribution is 2.34. The number of nitrogens with one attached hydrogen (secondary N) is 2. The van der Waals surface area contributed by atoms with E-state index >= 15 is 0 Å². The molecule has 2 amide bonds. The van der Waals surface area contributed by atoms with Crippen LogP contribution >= 0.6 is 11.6 Å². The number of carbonyl (C=O) groups excluding carboxylic acids is 2. The molecule has 0 atom stereocenters. The lowest BCUT2D eigenvalue weighted by molar-refractivity contribution is -0.385. The number of ether oxygens (including phenoxy) is 2. The van der Waals surface area contributed by atoms with Gasteiger partial charge in [-0.15, -0.1) is 0 Å². The Labute approximate surface area is 230 Å². The van der Waals surface area contributed by atoms with Crippen LogP contribution < -0.4 is 20.1 Å². The van der Waals surface area contributed by atoms with Gasteiger partial charge in [0.1, 0.15) is 23.7 Å². The molecule has 11 nitrogen and oxygen atoms in total. The molecule has 12 heteroatoms. The van der Waals surface area contributed by atoms with Gasteiger partial charge in [0.2, 0.25) is 5.91 Å². The molecule has 2 N–H and O–H groups in total. The van der Waals surface area contributed by atoms with Crippen LogP contribution in [0, 0.1) is 10.1 Å². The first kappa shape index (κ1) is 29.1. The minimum atomic E-state index is -0.776. The summed E-state index contributed by atoms with van der Waals surface area (Å²) in [6.45, 7) is 2.62. The van der Waals surface area contributed by atoms with Gasteiger partial charge in [-0.25, -0.2) is 0 Å². The van der Waals surface area contributed by atoms with Crippen molar-refractivity contribution in [3.8, 4) is 11.5 Å². The molecule has 39 heavy (non-hydrogen) atoms. The number of hydrogen-bond acceptors (Lipinski definition) is 8. The number of pyridine rings is 1. The van der Waals surface area contributed by atoms with Gasteiger partial charge < -0.3 is 25.0 Å². The van der Waals surface area contributed by atoms with Crippen LogP contribution in [-0.4, -0.2) is 53.9 Å². The van der Waals surface area contributed by atoms with Crippen LogP contribution in [0.4, 0.5) is 17.1 Å². The smallest absolute Gasteiger partial charge is 0.286 e. The van der Waals surface area contributed by atoms with Crippen molar-refractivity contribution in [1.29, 1.82) is 0 Å². The van der Waals surface area contributed by atoms with E-state index in [1.807, 2.05) is 31.1 Å². The van der Waals surface area contributed by atoms with Crippen LogP contribution in [-0.2, 0) is 11.4 Å². The maximum Gasteiger partial charge on any atom is 0.286 e. The van der Waals surface area contributed by atoms with E-state index in [-0.39, 0.29) is 40.9 Å². The number of benzene rings is 2. The molecule has 0 aliphatic heterocycles. The molecule has 0 radical (unpaired) electrons. The van der Waals surface area contributed by atoms with Crippen molar-refractivity contribution >= 4 is 40.5 Å². The highest BCUT2D eigenvalue weighted by molar-refractivity contribution is 6.32. The molecule has 3 aromatic rings. The van der Waals surface area contributed by atoms with Crippen molar-refractivity contribution in [2.45, 2.75) is 13.5 Å². The van der Waals surface area contributed by atoms with Crippen LogP contribution in [0.2, 0.25) is 5.02 Å². The van der Waals surface area contributed by atoms with E-state index in [9.17, 15) is 19.7 Å². The zero-order chi connectivity index (χ0) is 28.4. The molecule has 1 heterocycles. The number of hydrogen-bond donors (Lipinski definition) is 2. The van der Waals surface area contributed by atoms with E-state index in [0.717, 1.165) is 6.07 Å². The standard InChI is InChI=1S/C27H28ClN5O6/c1-4-38-25-16-23(33(36)37)20(15-22(25)31-26(34)9-7-13-32(2)3)27(35)30-18-10-11-24(21(28)14-18)39-17-19-8-5-6-12-29-19/h5-12,14-16H,4,13,17H2,1-3H3,(H,30,35)(H,31,34)/b9-7+. The monoisotopic (exact) mass is 553 g/mol. The minimum Gasteiger partial charge on any atom is -0.491 e. The summed E-state index contributed by atoms with van der Waals surface area (Å²) < 4.78 is 11.2. The molecular formula is C27H28ClN5O6. The molecule has 0 saturated carbocycles. The number of halogens is 1. The molecule has 0 aliphatic carbocycles. The van der Waals surface area contributed by atoms with Gasteiger partial charge >= 0.3 is 0 Å². The first-order valence-corrected chi connectivity index (χ1v) is 12.3. The Bertz CT molecular complexity index is 1360. The van der Waals surface area contributed by atoms with E-state index in [2.05, 4.69) is 15.6 Å². The van der Waals surface area contributed by atoms with E-state index in [0.29, 0.717) is 18.0 Å². The summed E-state index contributed by atoms with van der Waals surface area (Å²) in [7, 11) is 3.71. The van der Waals surface area contributed by atoms with E-state index < -0.39 is 22.4 Å². The molecule has 1 aromatic heterocycles. The third-order valence-corrected chi connectivity index (χ3v) is 5.42. The van der Waals surface area contributed by atoms with Crippen molar-refractivity contribution in [2.75, 3.05) is 37.9 Å². The first-order chi connectivity index (χ1) is 18.7. The second-order valence-corrected chi connectivity index (χ2v) is 8.83. The maximum absolute atomic E-state index is 13.1. The molecule has 0 saturated heterocycles. The molecule has 3 rings (SSSR count). The summed E-state index contributed by atoms with van der Waals surface area (Å²) in [6, 6.07) is 12.3. The molecule has 0 unspecified atom stereocenters. The van der Waals surface area contributed by atoms with Crippen LogP contribution in [0.5, 0.6) is 11.5 Å². The van der Waals surface area contributed by atoms with Gasteiger partial charge in [-0.1, -0.05) is 23.7 Å². The Morgan fingerprint density at radius 1 is 1.10 bits per heavy atom. The van der Waals surface area contributed by atoms with Gasteiger partial charge in [0.05, 0.1) is 34.0 Å². The lowest BCUT2D eigenvalue weighted by atomic mass is 10.1. The number of aromatic nitrogens is 1. The normalized spacial score (nSPS) is 10.9. The molecule has 0 bridgehead atoms. The van der Waals surface area contributed by atoms with Gasteiger partial charge in [0.15, 0.2) is 0 Å². The fraction of sp³-hybridized carbons (Fsp3) is 0.222. The van der Waals surface area contributed by atoms with Crippen molar-refractivity contribution < 1.29 is 24.0 Å². The summed E-state index contributed by atoms with van der Waals surface area (Å²) in [4.78, 5) is 42.7. The Morgan fingerprint density at radius 3 is 2.54 bits per heavy atom. The van der Waals surface area contributed by atoms with E-state index in [1.165, 1.54) is 18.2 Å². The Balaban J connectivity index is 1.82. The van der Waals surface area contributed by atoms with Gasteiger partial charge in [-0.3, -0.25) is 24.7 Å². The second-order valence-electron chi connectivity index (χ2n) is 8.42. The molecular weight excluding hydrogens is 526 g/mol. The summed E-state index contributed by atoms with van der Waals surface area (Å²) in [5.74, 6) is -0.819. The molecule has 0 spiro atoms. The number of nitro groups is 1. The van der Waals surface area contributed by atoms with Crippen molar-refractivity contribution in [1.82, 2.24) is 9.88 Å². The average molecular weight is 554 g/mol. The predicted octanol–water partition coefficient (Wildman–Crippen LogP) is 4.93. The third kappa shape index (κ3) is 8.52. The number of amides is 2. The number of nitro benzene ring substituents is 1. The zero-order valence-electron chi connectivity index (χ0n) is 21.6. The van der Waals surface area contributed by atoms with Gasteiger partial charge in [0.25, 0.3) is 11.6 Å². The van der Waals surface area contributed by atoms with Gasteiger partial charge in [-0.05, 0) is 57.4 Å². The number of likely N-dealkylation sites (N-methyl/N-ethyl adjacent to an activating group) is 1. The number of rotatable bonds is 12. The Hall–Kier alpha value is -4.48. The third-order valence-electron chi connectivity index (χ3n) is 5.13. The van der Waals surface area contributed by atoms with Gasteiger partial charge in [0, 0.05) is 24.5 Å². The lowest BCUT2D eigenvalue weighted by Crippen LogP contribution is -2.17. The SMILES string of the molecule is CCOc1cc([N+](=O)[O-])c(C(=O)Nc2ccc(OCc3ccccn3)c(Cl)c2)cc1NC(=O)/C=C/CN(C)C. The largest absolute Gasteiger partial charge is 0.491 e. The van der Waals surface area contributed by atoms with Crippen LogP contribution in [0.15, 0.2) is 66.9 Å². The minimum absolute atomic E-state index is 0.0626. The molecule has 204 valence electrons. The summed E-state index contributed by atoms with van der Waals surface area (Å²) >= 11 is 6.33. The highest BCUT2D eigenvalue weighted by atomic mass is 35.5. The van der Waals surface area contributed by atoms with Crippen molar-refractivity contribution in [3.63, 3.8) is 0 Å². The van der Waals surface area contributed by atoms with Crippen molar-refractivity contribution in [3.05, 3.63) is 93.3 Å². The number of anilines is 2. The molecule has 2 aromatic carbocycles. The average Bonchev–Trinajstić information content (AvgIpc) is 2.89. The fourth-order valence-corrected chi connectivity index (χ4v) is 3.58. The number of nitrogens with zero attached hydrogens (tertiary/aromatic N) is 3. The quantitative estimate of drug-likeness (QED) is 0.183. The Kier molecular flexibility index (Phi) is 10.4. The van der Waals surface area contributed by atoms with Crippen LogP contribution in [0.3, 0.4) is 0 Å². The number of carbonyl (C=O) groups is 2. The summed E-state index contributed by atoms with van der Waals surface area (Å²) in [5, 5.41) is 17.2. The summed E-state index contributed by atoms with van der Waals surface area (Å²) in [5.41, 5.74) is 0.352. The highest BCUT2D eigenvalue weighted by Gasteiger charge is 2.25. The lowest BCUT2D eigenvalue weighted by Gasteiger charge is -2.14. The van der Waals surface area contributed by atoms with Crippen molar-refractivity contribution in [2.24, 2.45) is 0 Å². The molecule has 0 aliphatic rings. The van der Waals surface area contributed by atoms with Crippen LogP contribution in [0.25, 0.3) is 0 Å². The van der Waals surface area contributed by atoms with Crippen LogP contribution in [0.1, 0.15) is 23.0 Å². The summed E-state index contributed by atoms with van der Waals surface area (Å²) in [6.07, 6.45) is 4.64. The van der Waals surface area contributed by atoms with Gasteiger partial charge in [-0.2, -0.15) is 0 Å². The topological polar surface area (TPSA) is 136 Å². The zero-order valence-corrected chi connectivity index (χ0v) is 22.4. The van der Waals surface area contributed by atoms with E-state index in [1.54, 1.807) is 37.4 Å². The first-order valence-electron chi connectivity index (χ1n) is 11.9.